The Morgan fingerprint density at radius 3 is 2.52 bits per heavy atom. The number of hydrogen-bond acceptors (Lipinski definition) is 3. The number of piperidine rings is 3. The fraction of sp³-hybridized carbons (Fsp3) is 0.632. The largest absolute Gasteiger partial charge is 0.497 e. The van der Waals surface area contributed by atoms with Crippen LogP contribution in [0.3, 0.4) is 0 Å². The normalized spacial score (nSPS) is 27.6. The molecule has 1 aromatic rings. The molecule has 3 heterocycles. The summed E-state index contributed by atoms with van der Waals surface area (Å²) in [6.45, 7) is 5.93. The number of quaternary nitrogens is 1. The first kappa shape index (κ1) is 18.3. The first-order chi connectivity index (χ1) is 12.1. The van der Waals surface area contributed by atoms with Crippen LogP contribution in [0.2, 0.25) is 0 Å². The Morgan fingerprint density at radius 1 is 1.24 bits per heavy atom. The molecule has 2 bridgehead atoms. The van der Waals surface area contributed by atoms with E-state index in [0.717, 1.165) is 35.6 Å². The smallest absolute Gasteiger partial charge is 0.171 e. The summed E-state index contributed by atoms with van der Waals surface area (Å²) in [7, 11) is 3.29. The van der Waals surface area contributed by atoms with E-state index >= 15 is 0 Å². The molecule has 5 nitrogen and oxygen atoms in total. The summed E-state index contributed by atoms with van der Waals surface area (Å²) < 4.78 is 10.6. The van der Waals surface area contributed by atoms with Gasteiger partial charge in [0, 0.05) is 42.6 Å². The molecule has 0 radical (unpaired) electrons. The van der Waals surface area contributed by atoms with Crippen molar-refractivity contribution in [2.24, 2.45) is 11.8 Å². The second-order valence-corrected chi connectivity index (χ2v) is 7.61. The van der Waals surface area contributed by atoms with Gasteiger partial charge >= 0.3 is 0 Å². The monoisotopic (exact) mass is 364 g/mol. The Morgan fingerprint density at radius 2 is 1.96 bits per heavy atom. The topological polar surface area (TPSA) is 47.0 Å². The molecule has 3 N–H and O–H groups in total. The number of hydrogen-bond donors (Lipinski definition) is 3. The molecule has 1 unspecified atom stereocenters. The minimum atomic E-state index is 0.657. The van der Waals surface area contributed by atoms with Crippen molar-refractivity contribution in [2.45, 2.75) is 32.2 Å². The minimum absolute atomic E-state index is 0.657. The molecule has 1 aromatic carbocycles. The molecule has 4 atom stereocenters. The fourth-order valence-corrected chi connectivity index (χ4v) is 4.60. The maximum absolute atomic E-state index is 5.48. The molecule has 0 spiro atoms. The maximum atomic E-state index is 5.48. The van der Waals surface area contributed by atoms with E-state index in [1.165, 1.54) is 32.4 Å². The highest BCUT2D eigenvalue weighted by Gasteiger charge is 2.42. The summed E-state index contributed by atoms with van der Waals surface area (Å²) in [6.07, 6.45) is 4.05. The summed E-state index contributed by atoms with van der Waals surface area (Å²) >= 11 is 5.48. The van der Waals surface area contributed by atoms with E-state index in [9.17, 15) is 0 Å². The van der Waals surface area contributed by atoms with Gasteiger partial charge in [0.25, 0.3) is 0 Å². The standard InChI is InChI=1S/C19H29N3O2S/c1-4-13-12-22-6-5-14(13)7-16(22)11-20-19(25)21-15-8-17(23-2)10-18(9-15)24-3/h8-10,13-14,16H,4-7,11-12H2,1-3H3,(H2,20,21,25)/p+1/t13-,14-,16+/m0/s1. The molecular formula is C19H30N3O2S+. The van der Waals surface area contributed by atoms with Gasteiger partial charge in [0.1, 0.15) is 17.5 Å². The van der Waals surface area contributed by atoms with E-state index in [-0.39, 0.29) is 0 Å². The Kier molecular flexibility index (Phi) is 6.02. The van der Waals surface area contributed by atoms with Gasteiger partial charge in [0.05, 0.1) is 33.9 Å². The van der Waals surface area contributed by atoms with Crippen molar-refractivity contribution in [1.82, 2.24) is 5.32 Å². The fourth-order valence-electron chi connectivity index (χ4n) is 4.40. The zero-order chi connectivity index (χ0) is 17.8. The van der Waals surface area contributed by atoms with Crippen molar-refractivity contribution in [3.63, 3.8) is 0 Å². The van der Waals surface area contributed by atoms with E-state index in [4.69, 9.17) is 21.7 Å². The molecule has 3 aliphatic rings. The van der Waals surface area contributed by atoms with Crippen LogP contribution in [0.25, 0.3) is 0 Å². The van der Waals surface area contributed by atoms with E-state index in [1.807, 2.05) is 18.2 Å². The zero-order valence-electron chi connectivity index (χ0n) is 15.4. The van der Waals surface area contributed by atoms with Crippen LogP contribution in [0.5, 0.6) is 11.5 Å². The van der Waals surface area contributed by atoms with Crippen LogP contribution >= 0.6 is 12.2 Å². The van der Waals surface area contributed by atoms with Gasteiger partial charge in [-0.25, -0.2) is 0 Å². The molecule has 3 aliphatic heterocycles. The molecule has 0 aliphatic carbocycles. The van der Waals surface area contributed by atoms with Crippen LogP contribution < -0.4 is 25.0 Å². The van der Waals surface area contributed by atoms with Gasteiger partial charge < -0.3 is 25.0 Å². The Labute approximate surface area is 156 Å². The second kappa shape index (κ2) is 8.23. The summed E-state index contributed by atoms with van der Waals surface area (Å²) in [5, 5.41) is 7.31. The molecule has 0 aromatic heterocycles. The minimum Gasteiger partial charge on any atom is -0.497 e. The van der Waals surface area contributed by atoms with Crippen LogP contribution in [0.4, 0.5) is 5.69 Å². The molecular weight excluding hydrogens is 334 g/mol. The van der Waals surface area contributed by atoms with Gasteiger partial charge in [-0.1, -0.05) is 6.92 Å². The van der Waals surface area contributed by atoms with Crippen LogP contribution in [0, 0.1) is 11.8 Å². The summed E-state index contributed by atoms with van der Waals surface area (Å²) in [4.78, 5) is 1.76. The number of nitrogens with one attached hydrogen (secondary N) is 3. The van der Waals surface area contributed by atoms with E-state index in [1.54, 1.807) is 19.1 Å². The first-order valence-electron chi connectivity index (χ1n) is 9.25. The van der Waals surface area contributed by atoms with E-state index < -0.39 is 0 Å². The average Bonchev–Trinajstić information content (AvgIpc) is 2.66. The van der Waals surface area contributed by atoms with E-state index in [0.29, 0.717) is 11.2 Å². The SMILES string of the molecule is CC[C@H]1C[NH+]2CC[C@H]1C[C@@H]2CNC(=S)Nc1cc(OC)cc(OC)c1. The van der Waals surface area contributed by atoms with Crippen molar-refractivity contribution in [3.8, 4) is 11.5 Å². The average molecular weight is 365 g/mol. The highest BCUT2D eigenvalue weighted by atomic mass is 32.1. The molecule has 3 fully saturated rings. The van der Waals surface area contributed by atoms with Crippen molar-refractivity contribution in [2.75, 3.05) is 39.2 Å². The highest BCUT2D eigenvalue weighted by Crippen LogP contribution is 2.29. The van der Waals surface area contributed by atoms with Gasteiger partial charge in [-0.2, -0.15) is 0 Å². The van der Waals surface area contributed by atoms with Crippen LogP contribution in [-0.2, 0) is 0 Å². The molecule has 3 saturated heterocycles. The molecule has 4 rings (SSSR count). The van der Waals surface area contributed by atoms with Gasteiger partial charge in [0.2, 0.25) is 0 Å². The number of thiocarbonyl (C=S) groups is 1. The summed E-state index contributed by atoms with van der Waals surface area (Å²) in [5.41, 5.74) is 0.873. The van der Waals surface area contributed by atoms with Gasteiger partial charge in [-0.05, 0) is 24.6 Å². The number of benzene rings is 1. The van der Waals surface area contributed by atoms with Crippen LogP contribution in [0.15, 0.2) is 18.2 Å². The number of anilines is 1. The Balaban J connectivity index is 1.52. The predicted molar refractivity (Wildman–Crippen MR) is 105 cm³/mol. The number of rotatable bonds is 6. The van der Waals surface area contributed by atoms with Crippen molar-refractivity contribution < 1.29 is 14.4 Å². The summed E-state index contributed by atoms with van der Waals surface area (Å²) in [5.74, 6) is 3.33. The molecule has 6 heteroatoms. The first-order valence-corrected chi connectivity index (χ1v) is 9.66. The van der Waals surface area contributed by atoms with Gasteiger partial charge in [-0.3, -0.25) is 0 Å². The maximum Gasteiger partial charge on any atom is 0.171 e. The summed E-state index contributed by atoms with van der Waals surface area (Å²) in [6, 6.07) is 6.36. The van der Waals surface area contributed by atoms with Crippen LogP contribution in [0.1, 0.15) is 26.2 Å². The second-order valence-electron chi connectivity index (χ2n) is 7.20. The van der Waals surface area contributed by atoms with Gasteiger partial charge in [-0.15, -0.1) is 0 Å². The number of fused-ring (bicyclic) bond motifs is 3. The zero-order valence-corrected chi connectivity index (χ0v) is 16.2. The van der Waals surface area contributed by atoms with Crippen molar-refractivity contribution in [3.05, 3.63) is 18.2 Å². The third-order valence-electron chi connectivity index (χ3n) is 5.83. The molecule has 138 valence electrons. The van der Waals surface area contributed by atoms with Gasteiger partial charge in [0.15, 0.2) is 5.11 Å². The number of methoxy groups -OCH3 is 2. The van der Waals surface area contributed by atoms with Crippen LogP contribution in [-0.4, -0.2) is 45.0 Å². The van der Waals surface area contributed by atoms with Crippen molar-refractivity contribution in [1.29, 1.82) is 0 Å². The van der Waals surface area contributed by atoms with Crippen molar-refractivity contribution >= 4 is 23.0 Å². The Bertz CT molecular complexity index is 588. The number of ether oxygens (including phenoxy) is 2. The highest BCUT2D eigenvalue weighted by molar-refractivity contribution is 7.80. The molecule has 25 heavy (non-hydrogen) atoms. The predicted octanol–water partition coefficient (Wildman–Crippen LogP) is 1.69. The lowest BCUT2D eigenvalue weighted by Crippen LogP contribution is -3.20. The third-order valence-corrected chi connectivity index (χ3v) is 6.08. The third kappa shape index (κ3) is 4.36. The lowest BCUT2D eigenvalue weighted by Gasteiger charge is -2.46. The Hall–Kier alpha value is -1.53. The molecule has 0 saturated carbocycles. The van der Waals surface area contributed by atoms with E-state index in [2.05, 4.69) is 17.6 Å². The molecule has 0 amide bonds. The lowest BCUT2D eigenvalue weighted by molar-refractivity contribution is -0.945. The lowest BCUT2D eigenvalue weighted by atomic mass is 9.74. The quantitative estimate of drug-likeness (QED) is 0.671.